The van der Waals surface area contributed by atoms with Crippen molar-refractivity contribution in [3.8, 4) is 0 Å². The van der Waals surface area contributed by atoms with E-state index in [1.165, 1.54) is 11.3 Å². The Morgan fingerprint density at radius 2 is 2.38 bits per heavy atom. The molecular formula is C10H15ClN2O2S. The Kier molecular flexibility index (Phi) is 5.18. The molecule has 1 heterocycles. The fourth-order valence-electron chi connectivity index (χ4n) is 1.32. The van der Waals surface area contributed by atoms with Crippen molar-refractivity contribution in [2.24, 2.45) is 5.92 Å². The van der Waals surface area contributed by atoms with Gasteiger partial charge in [-0.1, -0.05) is 25.4 Å². The van der Waals surface area contributed by atoms with Crippen LogP contribution in [0.2, 0.25) is 4.34 Å². The van der Waals surface area contributed by atoms with Crippen molar-refractivity contribution in [3.63, 3.8) is 0 Å². The van der Waals surface area contributed by atoms with Crippen LogP contribution in [0.5, 0.6) is 0 Å². The molecule has 2 N–H and O–H groups in total. The van der Waals surface area contributed by atoms with Gasteiger partial charge in [-0.25, -0.2) is 4.98 Å². The molecule has 1 atom stereocenters. The van der Waals surface area contributed by atoms with E-state index in [2.05, 4.69) is 10.3 Å². The summed E-state index contributed by atoms with van der Waals surface area (Å²) in [7, 11) is 0. The van der Waals surface area contributed by atoms with Gasteiger partial charge in [0.15, 0.2) is 0 Å². The zero-order valence-electron chi connectivity index (χ0n) is 9.24. The van der Waals surface area contributed by atoms with Crippen LogP contribution in [0.3, 0.4) is 0 Å². The molecule has 0 bridgehead atoms. The third-order valence-corrected chi connectivity index (χ3v) is 3.15. The quantitative estimate of drug-likeness (QED) is 0.826. The van der Waals surface area contributed by atoms with Gasteiger partial charge in [-0.3, -0.25) is 10.1 Å². The summed E-state index contributed by atoms with van der Waals surface area (Å²) >= 11 is 7.09. The maximum Gasteiger partial charge on any atom is 0.320 e. The molecule has 0 aliphatic carbocycles. The molecule has 0 aromatic carbocycles. The van der Waals surface area contributed by atoms with Crippen LogP contribution in [0, 0.1) is 5.92 Å². The Hall–Kier alpha value is -0.650. The smallest absolute Gasteiger partial charge is 0.320 e. The lowest BCUT2D eigenvalue weighted by molar-refractivity contribution is -0.140. The summed E-state index contributed by atoms with van der Waals surface area (Å²) in [4.78, 5) is 15.0. The van der Waals surface area contributed by atoms with E-state index in [-0.39, 0.29) is 0 Å². The largest absolute Gasteiger partial charge is 0.480 e. The average molecular weight is 263 g/mol. The van der Waals surface area contributed by atoms with Gasteiger partial charge < -0.3 is 5.11 Å². The molecule has 90 valence electrons. The third kappa shape index (κ3) is 4.47. The van der Waals surface area contributed by atoms with E-state index >= 15 is 0 Å². The molecule has 0 aliphatic heterocycles. The Bertz CT molecular complexity index is 354. The first-order valence-electron chi connectivity index (χ1n) is 5.05. The van der Waals surface area contributed by atoms with Gasteiger partial charge in [0.1, 0.15) is 15.4 Å². The minimum Gasteiger partial charge on any atom is -0.480 e. The molecule has 0 saturated carbocycles. The second-order valence-corrected chi connectivity index (χ2v) is 5.71. The summed E-state index contributed by atoms with van der Waals surface area (Å²) in [6.45, 7) is 4.44. The Morgan fingerprint density at radius 1 is 1.69 bits per heavy atom. The number of aliphatic carboxylic acids is 1. The predicted molar refractivity (Wildman–Crippen MR) is 64.8 cm³/mol. The predicted octanol–water partition coefficient (Wildman–Crippen LogP) is 2.39. The number of hydrogen-bond donors (Lipinski definition) is 2. The molecule has 0 aliphatic rings. The Morgan fingerprint density at radius 3 is 2.81 bits per heavy atom. The van der Waals surface area contributed by atoms with Gasteiger partial charge >= 0.3 is 5.97 Å². The molecule has 16 heavy (non-hydrogen) atoms. The standard InChI is InChI=1S/C10H15ClN2O2S/c1-6(2)3-7(10(14)15)12-5-9-13-4-8(11)16-9/h4,6-7,12H,3,5H2,1-2H3,(H,14,15). The number of nitrogens with zero attached hydrogens (tertiary/aromatic N) is 1. The lowest BCUT2D eigenvalue weighted by atomic mass is 10.0. The minimum atomic E-state index is -0.823. The van der Waals surface area contributed by atoms with Crippen LogP contribution in [0.25, 0.3) is 0 Å². The van der Waals surface area contributed by atoms with Gasteiger partial charge in [0.2, 0.25) is 0 Å². The van der Waals surface area contributed by atoms with Crippen LogP contribution in [-0.4, -0.2) is 22.1 Å². The third-order valence-electron chi connectivity index (χ3n) is 2.03. The van der Waals surface area contributed by atoms with E-state index in [4.69, 9.17) is 16.7 Å². The van der Waals surface area contributed by atoms with E-state index in [0.29, 0.717) is 23.2 Å². The molecular weight excluding hydrogens is 248 g/mol. The number of hydrogen-bond acceptors (Lipinski definition) is 4. The van der Waals surface area contributed by atoms with E-state index in [0.717, 1.165) is 5.01 Å². The molecule has 1 aromatic heterocycles. The van der Waals surface area contributed by atoms with Crippen molar-refractivity contribution < 1.29 is 9.90 Å². The Labute approximate surface area is 104 Å². The van der Waals surface area contributed by atoms with Crippen molar-refractivity contribution >= 4 is 28.9 Å². The van der Waals surface area contributed by atoms with Gasteiger partial charge in [-0.15, -0.1) is 11.3 Å². The lowest BCUT2D eigenvalue weighted by Crippen LogP contribution is -2.37. The van der Waals surface area contributed by atoms with Gasteiger partial charge in [0.25, 0.3) is 0 Å². The first-order chi connectivity index (χ1) is 7.49. The fourth-order valence-corrected chi connectivity index (χ4v) is 2.23. The highest BCUT2D eigenvalue weighted by atomic mass is 35.5. The maximum atomic E-state index is 11.0. The number of nitrogens with one attached hydrogen (secondary N) is 1. The summed E-state index contributed by atoms with van der Waals surface area (Å²) in [5.74, 6) is -0.482. The normalized spacial score (nSPS) is 13.0. The van der Waals surface area contributed by atoms with Gasteiger partial charge in [-0.05, 0) is 12.3 Å². The van der Waals surface area contributed by atoms with Crippen molar-refractivity contribution in [2.75, 3.05) is 0 Å². The number of halogens is 1. The highest BCUT2D eigenvalue weighted by molar-refractivity contribution is 7.15. The summed E-state index contributed by atoms with van der Waals surface area (Å²) in [6.07, 6.45) is 2.18. The van der Waals surface area contributed by atoms with Crippen molar-refractivity contribution in [1.82, 2.24) is 10.3 Å². The summed E-state index contributed by atoms with van der Waals surface area (Å²) in [5.41, 5.74) is 0. The number of carboxylic acids is 1. The molecule has 0 radical (unpaired) electrons. The van der Waals surface area contributed by atoms with Gasteiger partial charge in [0, 0.05) is 6.54 Å². The zero-order chi connectivity index (χ0) is 12.1. The molecule has 1 rings (SSSR count). The fraction of sp³-hybridized carbons (Fsp3) is 0.600. The summed E-state index contributed by atoms with van der Waals surface area (Å²) < 4.78 is 0.618. The molecule has 0 amide bonds. The van der Waals surface area contributed by atoms with E-state index in [1.54, 1.807) is 6.20 Å². The van der Waals surface area contributed by atoms with Gasteiger partial charge in [-0.2, -0.15) is 0 Å². The topological polar surface area (TPSA) is 62.2 Å². The average Bonchev–Trinajstić information content (AvgIpc) is 2.58. The Balaban J connectivity index is 2.46. The number of carbonyl (C=O) groups is 1. The molecule has 0 spiro atoms. The van der Waals surface area contributed by atoms with Crippen LogP contribution in [-0.2, 0) is 11.3 Å². The first kappa shape index (κ1) is 13.4. The van der Waals surface area contributed by atoms with Crippen molar-refractivity contribution in [3.05, 3.63) is 15.5 Å². The van der Waals surface area contributed by atoms with Crippen molar-refractivity contribution in [2.45, 2.75) is 32.9 Å². The monoisotopic (exact) mass is 262 g/mol. The number of thiazole rings is 1. The molecule has 1 unspecified atom stereocenters. The van der Waals surface area contributed by atoms with E-state index < -0.39 is 12.0 Å². The summed E-state index contributed by atoms with van der Waals surface area (Å²) in [5, 5.41) is 12.8. The maximum absolute atomic E-state index is 11.0. The SMILES string of the molecule is CC(C)CC(NCc1ncc(Cl)s1)C(=O)O. The minimum absolute atomic E-state index is 0.341. The van der Waals surface area contributed by atoms with Crippen LogP contribution in [0.1, 0.15) is 25.3 Å². The first-order valence-corrected chi connectivity index (χ1v) is 6.25. The van der Waals surface area contributed by atoms with E-state index in [9.17, 15) is 4.79 Å². The lowest BCUT2D eigenvalue weighted by Gasteiger charge is -2.15. The number of rotatable bonds is 6. The molecule has 0 saturated heterocycles. The second-order valence-electron chi connectivity index (χ2n) is 3.96. The highest BCUT2D eigenvalue weighted by Crippen LogP contribution is 2.18. The van der Waals surface area contributed by atoms with Gasteiger partial charge in [0.05, 0.1) is 6.20 Å². The second kappa shape index (κ2) is 6.18. The van der Waals surface area contributed by atoms with Crippen LogP contribution in [0.15, 0.2) is 6.20 Å². The molecule has 4 nitrogen and oxygen atoms in total. The van der Waals surface area contributed by atoms with Crippen LogP contribution < -0.4 is 5.32 Å². The number of aromatic nitrogens is 1. The highest BCUT2D eigenvalue weighted by Gasteiger charge is 2.18. The van der Waals surface area contributed by atoms with Crippen molar-refractivity contribution in [1.29, 1.82) is 0 Å². The number of carboxylic acid groups (broad SMARTS) is 1. The zero-order valence-corrected chi connectivity index (χ0v) is 10.8. The van der Waals surface area contributed by atoms with Crippen LogP contribution >= 0.6 is 22.9 Å². The molecule has 6 heteroatoms. The molecule has 1 aromatic rings. The summed E-state index contributed by atoms with van der Waals surface area (Å²) in [6, 6.07) is -0.525. The molecule has 0 fully saturated rings. The van der Waals surface area contributed by atoms with Crippen LogP contribution in [0.4, 0.5) is 0 Å². The van der Waals surface area contributed by atoms with E-state index in [1.807, 2.05) is 13.8 Å².